The van der Waals surface area contributed by atoms with Gasteiger partial charge in [0.15, 0.2) is 0 Å². The maximum absolute atomic E-state index is 6.05. The number of furan rings is 1. The molecule has 1 saturated heterocycles. The highest BCUT2D eigenvalue weighted by Crippen LogP contribution is 2.29. The van der Waals surface area contributed by atoms with Crippen LogP contribution in [0.5, 0.6) is 0 Å². The summed E-state index contributed by atoms with van der Waals surface area (Å²) >= 11 is 0. The van der Waals surface area contributed by atoms with E-state index >= 15 is 0 Å². The van der Waals surface area contributed by atoms with Crippen LogP contribution in [0.3, 0.4) is 0 Å². The number of rotatable bonds is 5. The van der Waals surface area contributed by atoms with Gasteiger partial charge in [0.1, 0.15) is 17.6 Å². The van der Waals surface area contributed by atoms with Crippen LogP contribution in [0.2, 0.25) is 0 Å². The molecule has 1 aromatic heterocycles. The first-order valence-corrected chi connectivity index (χ1v) is 9.35. The lowest BCUT2D eigenvalue weighted by atomic mass is 10.1. The Labute approximate surface area is 150 Å². The van der Waals surface area contributed by atoms with Gasteiger partial charge in [0.05, 0.1) is 6.54 Å². The smallest absolute Gasteiger partial charge is 0.133 e. The van der Waals surface area contributed by atoms with Crippen molar-refractivity contribution in [3.8, 4) is 0 Å². The summed E-state index contributed by atoms with van der Waals surface area (Å²) in [6.45, 7) is 4.75. The van der Waals surface area contributed by atoms with Gasteiger partial charge in [-0.25, -0.2) is 0 Å². The molecule has 0 N–H and O–H groups in total. The van der Waals surface area contributed by atoms with E-state index in [-0.39, 0.29) is 6.10 Å². The molecule has 0 bridgehead atoms. The van der Waals surface area contributed by atoms with E-state index in [0.29, 0.717) is 0 Å². The van der Waals surface area contributed by atoms with E-state index < -0.39 is 0 Å². The lowest BCUT2D eigenvalue weighted by Gasteiger charge is -2.20. The van der Waals surface area contributed by atoms with Crippen LogP contribution in [0.4, 0.5) is 0 Å². The Morgan fingerprint density at radius 3 is 2.80 bits per heavy atom. The van der Waals surface area contributed by atoms with Crippen LogP contribution in [-0.4, -0.2) is 30.5 Å². The van der Waals surface area contributed by atoms with Crippen molar-refractivity contribution >= 4 is 0 Å². The first kappa shape index (κ1) is 16.8. The molecule has 0 amide bonds. The first-order valence-electron chi connectivity index (χ1n) is 9.35. The molecule has 2 aromatic rings. The highest BCUT2D eigenvalue weighted by molar-refractivity contribution is 5.34. The van der Waals surface area contributed by atoms with Gasteiger partial charge in [-0.05, 0) is 62.2 Å². The molecule has 1 atom stereocenters. The first-order chi connectivity index (χ1) is 12.2. The van der Waals surface area contributed by atoms with Crippen molar-refractivity contribution in [3.05, 3.63) is 58.5 Å². The fourth-order valence-corrected chi connectivity index (χ4v) is 3.97. The van der Waals surface area contributed by atoms with E-state index in [4.69, 9.17) is 9.15 Å². The average molecular weight is 340 g/mol. The van der Waals surface area contributed by atoms with E-state index in [2.05, 4.69) is 54.2 Å². The van der Waals surface area contributed by atoms with Crippen LogP contribution in [0.25, 0.3) is 0 Å². The molecule has 4 nitrogen and oxygen atoms in total. The average Bonchev–Trinajstić information content (AvgIpc) is 3.21. The van der Waals surface area contributed by atoms with Crippen LogP contribution in [0.15, 0.2) is 34.7 Å². The van der Waals surface area contributed by atoms with Crippen molar-refractivity contribution in [3.63, 3.8) is 0 Å². The highest BCUT2D eigenvalue weighted by atomic mass is 16.5. The van der Waals surface area contributed by atoms with Gasteiger partial charge >= 0.3 is 0 Å². The van der Waals surface area contributed by atoms with Gasteiger partial charge in [-0.3, -0.25) is 9.80 Å². The minimum absolute atomic E-state index is 0.154. The summed E-state index contributed by atoms with van der Waals surface area (Å²) in [6, 6.07) is 11.1. The fourth-order valence-electron chi connectivity index (χ4n) is 3.97. The summed E-state index contributed by atoms with van der Waals surface area (Å²) in [5.41, 5.74) is 4.32. The predicted octanol–water partition coefficient (Wildman–Crippen LogP) is 4.10. The largest absolute Gasteiger partial charge is 0.462 e. The number of hydrogen-bond donors (Lipinski definition) is 0. The highest BCUT2D eigenvalue weighted by Gasteiger charge is 2.20. The predicted molar refractivity (Wildman–Crippen MR) is 98.0 cm³/mol. The summed E-state index contributed by atoms with van der Waals surface area (Å²) in [5, 5.41) is 0. The number of benzene rings is 1. The van der Waals surface area contributed by atoms with Gasteiger partial charge in [-0.15, -0.1) is 0 Å². The van der Waals surface area contributed by atoms with Gasteiger partial charge in [0.2, 0.25) is 0 Å². The lowest BCUT2D eigenvalue weighted by molar-refractivity contribution is 0.000907. The molecule has 1 fully saturated rings. The standard InChI is InChI=1S/C21H28N2O2/c1-22(12-16-6-7-17-13-23(2)14-18(17)11-16)15-19-8-9-21(25-19)20-5-3-4-10-24-20/h6-9,11,20H,3-5,10,12-15H2,1-2H3/t20-/m0/s1. The number of hydrogen-bond acceptors (Lipinski definition) is 4. The second-order valence-corrected chi connectivity index (χ2v) is 7.61. The summed E-state index contributed by atoms with van der Waals surface area (Å²) in [4.78, 5) is 4.67. The monoisotopic (exact) mass is 340 g/mol. The van der Waals surface area contributed by atoms with Crippen LogP contribution in [-0.2, 0) is 30.9 Å². The number of fused-ring (bicyclic) bond motifs is 1. The van der Waals surface area contributed by atoms with Crippen LogP contribution >= 0.6 is 0 Å². The molecule has 4 rings (SSSR count). The minimum Gasteiger partial charge on any atom is -0.462 e. The molecule has 0 spiro atoms. The minimum atomic E-state index is 0.154. The Morgan fingerprint density at radius 2 is 1.96 bits per heavy atom. The lowest BCUT2D eigenvalue weighted by Crippen LogP contribution is -2.17. The van der Waals surface area contributed by atoms with Gasteiger partial charge < -0.3 is 9.15 Å². The van der Waals surface area contributed by atoms with E-state index in [1.807, 2.05) is 0 Å². The molecule has 0 radical (unpaired) electrons. The summed E-state index contributed by atoms with van der Waals surface area (Å²) in [5.74, 6) is 2.01. The molecule has 0 aliphatic carbocycles. The Balaban J connectivity index is 1.35. The van der Waals surface area contributed by atoms with Crippen LogP contribution in [0, 0.1) is 0 Å². The van der Waals surface area contributed by atoms with Crippen LogP contribution in [0.1, 0.15) is 53.6 Å². The Bertz CT molecular complexity index is 718. The zero-order chi connectivity index (χ0) is 17.2. The zero-order valence-electron chi connectivity index (χ0n) is 15.3. The zero-order valence-corrected chi connectivity index (χ0v) is 15.3. The summed E-state index contributed by atoms with van der Waals surface area (Å²) < 4.78 is 11.9. The molecule has 2 aliphatic heterocycles. The number of ether oxygens (including phenoxy) is 1. The molecule has 4 heteroatoms. The van der Waals surface area contributed by atoms with Crippen molar-refractivity contribution in [2.75, 3.05) is 20.7 Å². The summed E-state index contributed by atoms with van der Waals surface area (Å²) in [6.07, 6.45) is 3.63. The summed E-state index contributed by atoms with van der Waals surface area (Å²) in [7, 11) is 4.33. The molecular weight excluding hydrogens is 312 g/mol. The second kappa shape index (κ2) is 7.32. The molecule has 0 unspecified atom stereocenters. The molecule has 25 heavy (non-hydrogen) atoms. The van der Waals surface area contributed by atoms with Crippen molar-refractivity contribution < 1.29 is 9.15 Å². The number of nitrogens with zero attached hydrogens (tertiary/aromatic N) is 2. The van der Waals surface area contributed by atoms with E-state index in [1.54, 1.807) is 0 Å². The third-order valence-electron chi connectivity index (χ3n) is 5.21. The third-order valence-corrected chi connectivity index (χ3v) is 5.21. The van der Waals surface area contributed by atoms with Gasteiger partial charge in [0, 0.05) is 26.2 Å². The van der Waals surface area contributed by atoms with Crippen molar-refractivity contribution in [2.24, 2.45) is 0 Å². The maximum Gasteiger partial charge on any atom is 0.133 e. The van der Waals surface area contributed by atoms with E-state index in [1.165, 1.54) is 29.5 Å². The molecule has 0 saturated carbocycles. The normalized spacial score (nSPS) is 21.0. The Hall–Kier alpha value is -1.62. The molecule has 2 aliphatic rings. The van der Waals surface area contributed by atoms with Gasteiger partial charge in [-0.2, -0.15) is 0 Å². The molecule has 3 heterocycles. The quantitative estimate of drug-likeness (QED) is 0.819. The third kappa shape index (κ3) is 3.97. The Morgan fingerprint density at radius 1 is 1.08 bits per heavy atom. The topological polar surface area (TPSA) is 28.9 Å². The van der Waals surface area contributed by atoms with E-state index in [9.17, 15) is 0 Å². The van der Waals surface area contributed by atoms with Crippen molar-refractivity contribution in [1.29, 1.82) is 0 Å². The van der Waals surface area contributed by atoms with Gasteiger partial charge in [0.25, 0.3) is 0 Å². The van der Waals surface area contributed by atoms with E-state index in [0.717, 1.165) is 50.7 Å². The Kier molecular flexibility index (Phi) is 4.93. The molecule has 134 valence electrons. The van der Waals surface area contributed by atoms with Crippen LogP contribution < -0.4 is 0 Å². The second-order valence-electron chi connectivity index (χ2n) is 7.61. The van der Waals surface area contributed by atoms with Crippen molar-refractivity contribution in [2.45, 2.75) is 51.5 Å². The van der Waals surface area contributed by atoms with Crippen molar-refractivity contribution in [1.82, 2.24) is 9.80 Å². The van der Waals surface area contributed by atoms with Gasteiger partial charge in [-0.1, -0.05) is 18.2 Å². The molecule has 1 aromatic carbocycles. The SMILES string of the molecule is CN(Cc1ccc2c(c1)CN(C)C2)Cc1ccc([C@@H]2CCCCO2)o1. The molecular formula is C21H28N2O2. The maximum atomic E-state index is 6.05. The fraction of sp³-hybridized carbons (Fsp3) is 0.524.